The van der Waals surface area contributed by atoms with Crippen molar-refractivity contribution in [3.63, 3.8) is 0 Å². The zero-order chi connectivity index (χ0) is 12.7. The monoisotopic (exact) mass is 256 g/mol. The first-order valence-corrected chi connectivity index (χ1v) is 5.63. The summed E-state index contributed by atoms with van der Waals surface area (Å²) in [6, 6.07) is 7.26. The number of H-pyrrole nitrogens is 1. The highest BCUT2D eigenvalue weighted by Gasteiger charge is 2.17. The van der Waals surface area contributed by atoms with E-state index < -0.39 is 0 Å². The molecule has 7 heteroatoms. The Hall–Kier alpha value is -2.83. The Morgan fingerprint density at radius 3 is 2.95 bits per heavy atom. The van der Waals surface area contributed by atoms with Crippen LogP contribution >= 0.6 is 0 Å². The minimum Gasteiger partial charge on any atom is -0.454 e. The van der Waals surface area contributed by atoms with Crippen LogP contribution in [-0.2, 0) is 0 Å². The van der Waals surface area contributed by atoms with Gasteiger partial charge in [-0.15, -0.1) is 0 Å². The van der Waals surface area contributed by atoms with Gasteiger partial charge in [-0.3, -0.25) is 5.10 Å². The van der Waals surface area contributed by atoms with Gasteiger partial charge in [0.15, 0.2) is 11.5 Å². The maximum Gasteiger partial charge on any atom is 0.276 e. The number of benzene rings is 1. The van der Waals surface area contributed by atoms with Gasteiger partial charge in [-0.2, -0.15) is 10.1 Å². The lowest BCUT2D eigenvalue weighted by Crippen LogP contribution is -1.92. The third-order valence-corrected chi connectivity index (χ3v) is 2.79. The molecule has 4 rings (SSSR count). The molecule has 3 aromatic rings. The van der Waals surface area contributed by atoms with Crippen LogP contribution in [0.2, 0.25) is 0 Å². The van der Waals surface area contributed by atoms with Gasteiger partial charge in [0.2, 0.25) is 12.6 Å². The number of nitrogens with zero attached hydrogens (tertiary/aromatic N) is 3. The number of rotatable bonds is 2. The minimum absolute atomic E-state index is 0.241. The van der Waals surface area contributed by atoms with Gasteiger partial charge in [0.05, 0.1) is 0 Å². The number of hydrogen-bond acceptors (Lipinski definition) is 6. The Labute approximate surface area is 107 Å². The summed E-state index contributed by atoms with van der Waals surface area (Å²) in [5.74, 6) is 2.29. The summed E-state index contributed by atoms with van der Waals surface area (Å²) in [4.78, 5) is 4.30. The molecule has 3 heterocycles. The molecule has 0 saturated heterocycles. The fourth-order valence-electron chi connectivity index (χ4n) is 1.86. The van der Waals surface area contributed by atoms with Crippen molar-refractivity contribution >= 4 is 0 Å². The highest BCUT2D eigenvalue weighted by Crippen LogP contribution is 2.35. The first-order valence-electron chi connectivity index (χ1n) is 5.63. The summed E-state index contributed by atoms with van der Waals surface area (Å²) in [5.41, 5.74) is 1.48. The number of aromatic nitrogens is 4. The van der Waals surface area contributed by atoms with Crippen LogP contribution in [-0.4, -0.2) is 27.1 Å². The highest BCUT2D eigenvalue weighted by atomic mass is 16.7. The lowest BCUT2D eigenvalue weighted by molar-refractivity contribution is 0.174. The topological polar surface area (TPSA) is 86.1 Å². The predicted molar refractivity (Wildman–Crippen MR) is 63.4 cm³/mol. The molecular formula is C12H8N4O3. The van der Waals surface area contributed by atoms with Crippen molar-refractivity contribution < 1.29 is 14.0 Å². The van der Waals surface area contributed by atoms with E-state index in [1.54, 1.807) is 12.3 Å². The maximum atomic E-state index is 5.32. The zero-order valence-corrected chi connectivity index (χ0v) is 9.66. The molecule has 1 aliphatic heterocycles. The molecule has 0 amide bonds. The second-order valence-corrected chi connectivity index (χ2v) is 3.96. The van der Waals surface area contributed by atoms with Gasteiger partial charge in [0, 0.05) is 11.8 Å². The van der Waals surface area contributed by atoms with Crippen molar-refractivity contribution in [2.45, 2.75) is 0 Å². The summed E-state index contributed by atoms with van der Waals surface area (Å²) >= 11 is 0. The summed E-state index contributed by atoms with van der Waals surface area (Å²) < 4.78 is 15.7. The quantitative estimate of drug-likeness (QED) is 0.753. The van der Waals surface area contributed by atoms with Crippen LogP contribution in [0, 0.1) is 0 Å². The van der Waals surface area contributed by atoms with Gasteiger partial charge in [0.25, 0.3) is 5.89 Å². The van der Waals surface area contributed by atoms with E-state index in [9.17, 15) is 0 Å². The maximum absolute atomic E-state index is 5.32. The first-order chi connectivity index (χ1) is 9.40. The van der Waals surface area contributed by atoms with Crippen LogP contribution in [0.15, 0.2) is 35.0 Å². The van der Waals surface area contributed by atoms with Crippen LogP contribution < -0.4 is 9.47 Å². The molecule has 0 fully saturated rings. The van der Waals surface area contributed by atoms with E-state index in [4.69, 9.17) is 14.0 Å². The molecule has 0 radical (unpaired) electrons. The normalized spacial score (nSPS) is 12.8. The molecule has 1 aromatic carbocycles. The average Bonchev–Trinajstić information content (AvgIpc) is 3.18. The Bertz CT molecular complexity index is 720. The zero-order valence-electron chi connectivity index (χ0n) is 9.66. The van der Waals surface area contributed by atoms with E-state index in [0.29, 0.717) is 23.2 Å². The number of ether oxygens (including phenoxy) is 2. The van der Waals surface area contributed by atoms with Crippen LogP contribution in [0.4, 0.5) is 0 Å². The molecule has 2 aromatic heterocycles. The second kappa shape index (κ2) is 3.84. The Kier molecular flexibility index (Phi) is 2.05. The molecule has 0 bridgehead atoms. The molecule has 0 unspecified atom stereocenters. The van der Waals surface area contributed by atoms with Crippen LogP contribution in [0.3, 0.4) is 0 Å². The third kappa shape index (κ3) is 1.63. The number of nitrogens with one attached hydrogen (secondary N) is 1. The van der Waals surface area contributed by atoms with Gasteiger partial charge >= 0.3 is 0 Å². The lowest BCUT2D eigenvalue weighted by Gasteiger charge is -1.97. The van der Waals surface area contributed by atoms with E-state index in [1.807, 2.05) is 18.2 Å². The second-order valence-electron chi connectivity index (χ2n) is 3.96. The standard InChI is InChI=1S/C12H8N4O3/c1-2-9-10(18-6-17-9)5-7(1)11-14-12(19-16-11)8-3-4-13-15-8/h1-5H,6H2,(H,13,15). The SMILES string of the molecule is c1cc(-c2nc(-c3ccc4c(c3)OCO4)no2)[nH]n1. The summed E-state index contributed by atoms with van der Waals surface area (Å²) in [6.07, 6.45) is 1.62. The first kappa shape index (κ1) is 10.1. The van der Waals surface area contributed by atoms with E-state index in [0.717, 1.165) is 11.3 Å². The fourth-order valence-corrected chi connectivity index (χ4v) is 1.86. The molecule has 0 atom stereocenters. The molecule has 0 saturated carbocycles. The number of hydrogen-bond donors (Lipinski definition) is 1. The average molecular weight is 256 g/mol. The molecule has 94 valence electrons. The van der Waals surface area contributed by atoms with Crippen molar-refractivity contribution in [3.8, 4) is 34.5 Å². The van der Waals surface area contributed by atoms with Crippen LogP contribution in [0.25, 0.3) is 23.0 Å². The predicted octanol–water partition coefficient (Wildman–Crippen LogP) is 1.86. The van der Waals surface area contributed by atoms with Crippen molar-refractivity contribution in [3.05, 3.63) is 30.5 Å². The molecule has 7 nitrogen and oxygen atoms in total. The van der Waals surface area contributed by atoms with E-state index in [2.05, 4.69) is 20.3 Å². The minimum atomic E-state index is 0.241. The van der Waals surface area contributed by atoms with Crippen molar-refractivity contribution in [1.82, 2.24) is 20.3 Å². The Balaban J connectivity index is 1.73. The molecule has 0 aliphatic carbocycles. The van der Waals surface area contributed by atoms with Crippen LogP contribution in [0.1, 0.15) is 0 Å². The number of fused-ring (bicyclic) bond motifs is 1. The lowest BCUT2D eigenvalue weighted by atomic mass is 10.2. The Morgan fingerprint density at radius 1 is 1.11 bits per heavy atom. The van der Waals surface area contributed by atoms with Crippen molar-refractivity contribution in [2.75, 3.05) is 6.79 Å². The molecule has 1 N–H and O–H groups in total. The highest BCUT2D eigenvalue weighted by molar-refractivity contribution is 5.62. The van der Waals surface area contributed by atoms with Crippen molar-refractivity contribution in [1.29, 1.82) is 0 Å². The van der Waals surface area contributed by atoms with Crippen molar-refractivity contribution in [2.24, 2.45) is 0 Å². The van der Waals surface area contributed by atoms with Gasteiger partial charge in [-0.05, 0) is 24.3 Å². The van der Waals surface area contributed by atoms with Gasteiger partial charge in [0.1, 0.15) is 5.69 Å². The van der Waals surface area contributed by atoms with Crippen LogP contribution in [0.5, 0.6) is 11.5 Å². The van der Waals surface area contributed by atoms with Gasteiger partial charge in [-0.25, -0.2) is 0 Å². The largest absolute Gasteiger partial charge is 0.454 e. The molecular weight excluding hydrogens is 248 g/mol. The molecule has 19 heavy (non-hydrogen) atoms. The smallest absolute Gasteiger partial charge is 0.276 e. The van der Waals surface area contributed by atoms with Gasteiger partial charge in [-0.1, -0.05) is 5.16 Å². The summed E-state index contributed by atoms with van der Waals surface area (Å²) in [7, 11) is 0. The molecule has 0 spiro atoms. The van der Waals surface area contributed by atoms with E-state index in [-0.39, 0.29) is 6.79 Å². The van der Waals surface area contributed by atoms with E-state index >= 15 is 0 Å². The summed E-state index contributed by atoms with van der Waals surface area (Å²) in [6.45, 7) is 0.241. The van der Waals surface area contributed by atoms with Gasteiger partial charge < -0.3 is 14.0 Å². The van der Waals surface area contributed by atoms with E-state index in [1.165, 1.54) is 0 Å². The fraction of sp³-hybridized carbons (Fsp3) is 0.0833. The summed E-state index contributed by atoms with van der Waals surface area (Å²) in [5, 5.41) is 10.5. The third-order valence-electron chi connectivity index (χ3n) is 2.79. The number of aromatic amines is 1. The molecule has 1 aliphatic rings. The Morgan fingerprint density at radius 2 is 2.05 bits per heavy atom.